The summed E-state index contributed by atoms with van der Waals surface area (Å²) in [5.74, 6) is 0.570. The molecule has 0 spiro atoms. The first-order chi connectivity index (χ1) is 6.76. The minimum atomic E-state index is -0.00540. The number of hydrogen-bond acceptors (Lipinski definition) is 3. The van der Waals surface area contributed by atoms with E-state index in [-0.39, 0.29) is 5.91 Å². The van der Waals surface area contributed by atoms with Gasteiger partial charge >= 0.3 is 0 Å². The maximum atomic E-state index is 11.2. The van der Waals surface area contributed by atoms with Gasteiger partial charge in [0.25, 0.3) is 0 Å². The molecule has 0 aliphatic rings. The fourth-order valence-electron chi connectivity index (χ4n) is 1.10. The molecule has 4 nitrogen and oxygen atoms in total. The van der Waals surface area contributed by atoms with Crippen molar-refractivity contribution in [3.8, 4) is 0 Å². The molecule has 1 aromatic rings. The van der Waals surface area contributed by atoms with Gasteiger partial charge in [-0.1, -0.05) is 6.92 Å². The Bertz CT molecular complexity index is 312. The van der Waals surface area contributed by atoms with Crippen LogP contribution in [0.2, 0.25) is 0 Å². The number of carbonyl (C=O) groups excluding carboxylic acids is 1. The van der Waals surface area contributed by atoms with Gasteiger partial charge in [0.1, 0.15) is 5.82 Å². The van der Waals surface area contributed by atoms with E-state index in [1.165, 1.54) is 0 Å². The monoisotopic (exact) mass is 193 g/mol. The molecule has 1 rings (SSSR count). The predicted octanol–water partition coefficient (Wildman–Crippen LogP) is 1.28. The number of nitrogens with one attached hydrogen (secondary N) is 1. The van der Waals surface area contributed by atoms with Crippen molar-refractivity contribution in [2.45, 2.75) is 26.3 Å². The molecule has 0 aliphatic heterocycles. The Kier molecular flexibility index (Phi) is 4.07. The van der Waals surface area contributed by atoms with Crippen LogP contribution in [0.15, 0.2) is 18.3 Å². The highest BCUT2D eigenvalue weighted by Gasteiger charge is 2.01. The van der Waals surface area contributed by atoms with Crippen LogP contribution in [0.3, 0.4) is 0 Å². The lowest BCUT2D eigenvalue weighted by molar-refractivity contribution is -0.116. The molecule has 3 N–H and O–H groups in total. The number of nitrogens with two attached hydrogens (primary N) is 1. The largest absolute Gasteiger partial charge is 0.326 e. The van der Waals surface area contributed by atoms with Gasteiger partial charge in [0, 0.05) is 19.2 Å². The summed E-state index contributed by atoms with van der Waals surface area (Å²) >= 11 is 0. The molecular weight excluding hydrogens is 178 g/mol. The van der Waals surface area contributed by atoms with Crippen LogP contribution in [0.1, 0.15) is 25.3 Å². The molecule has 1 heterocycles. The number of amides is 1. The first-order valence-corrected chi connectivity index (χ1v) is 4.71. The molecule has 1 aromatic heterocycles. The van der Waals surface area contributed by atoms with Crippen LogP contribution in [0.25, 0.3) is 0 Å². The first kappa shape index (κ1) is 10.7. The van der Waals surface area contributed by atoms with E-state index in [4.69, 9.17) is 5.73 Å². The van der Waals surface area contributed by atoms with Crippen LogP contribution >= 0.6 is 0 Å². The lowest BCUT2D eigenvalue weighted by Crippen LogP contribution is -2.12. The van der Waals surface area contributed by atoms with Crippen molar-refractivity contribution >= 4 is 11.7 Å². The molecule has 4 heteroatoms. The summed E-state index contributed by atoms with van der Waals surface area (Å²) in [4.78, 5) is 15.3. The highest BCUT2D eigenvalue weighted by atomic mass is 16.1. The van der Waals surface area contributed by atoms with Gasteiger partial charge in [-0.15, -0.1) is 0 Å². The fourth-order valence-corrected chi connectivity index (χ4v) is 1.10. The normalized spacial score (nSPS) is 9.86. The van der Waals surface area contributed by atoms with Crippen LogP contribution in [0.5, 0.6) is 0 Å². The Morgan fingerprint density at radius 3 is 3.07 bits per heavy atom. The van der Waals surface area contributed by atoms with Crippen molar-refractivity contribution in [1.82, 2.24) is 4.98 Å². The zero-order valence-corrected chi connectivity index (χ0v) is 8.29. The van der Waals surface area contributed by atoms with Crippen molar-refractivity contribution in [3.05, 3.63) is 23.9 Å². The van der Waals surface area contributed by atoms with Gasteiger partial charge in [-0.25, -0.2) is 4.98 Å². The third-order valence-corrected chi connectivity index (χ3v) is 1.80. The fraction of sp³-hybridized carbons (Fsp3) is 0.400. The minimum absolute atomic E-state index is 0.00540. The van der Waals surface area contributed by atoms with Gasteiger partial charge in [-0.05, 0) is 24.1 Å². The van der Waals surface area contributed by atoms with Gasteiger partial charge in [0.15, 0.2) is 0 Å². The lowest BCUT2D eigenvalue weighted by Gasteiger charge is -2.04. The minimum Gasteiger partial charge on any atom is -0.326 e. The van der Waals surface area contributed by atoms with Crippen molar-refractivity contribution in [2.24, 2.45) is 5.73 Å². The number of pyridine rings is 1. The van der Waals surface area contributed by atoms with Crippen LogP contribution in [0, 0.1) is 0 Å². The van der Waals surface area contributed by atoms with Crippen LogP contribution < -0.4 is 11.1 Å². The zero-order chi connectivity index (χ0) is 10.4. The quantitative estimate of drug-likeness (QED) is 0.756. The molecule has 1 amide bonds. The van der Waals surface area contributed by atoms with E-state index in [2.05, 4.69) is 10.3 Å². The molecule has 0 saturated heterocycles. The number of nitrogens with zero attached hydrogens (tertiary/aromatic N) is 1. The maximum absolute atomic E-state index is 11.2. The maximum Gasteiger partial charge on any atom is 0.225 e. The van der Waals surface area contributed by atoms with Gasteiger partial charge in [-0.2, -0.15) is 0 Å². The first-order valence-electron chi connectivity index (χ1n) is 4.71. The van der Waals surface area contributed by atoms with Crippen LogP contribution in [-0.4, -0.2) is 10.9 Å². The van der Waals surface area contributed by atoms with Gasteiger partial charge in [0.05, 0.1) is 0 Å². The number of hydrogen-bond donors (Lipinski definition) is 2. The summed E-state index contributed by atoms with van der Waals surface area (Å²) in [7, 11) is 0. The van der Waals surface area contributed by atoms with Gasteiger partial charge in [-0.3, -0.25) is 4.79 Å². The Morgan fingerprint density at radius 2 is 2.43 bits per heavy atom. The second-order valence-corrected chi connectivity index (χ2v) is 3.05. The van der Waals surface area contributed by atoms with Crippen molar-refractivity contribution in [1.29, 1.82) is 0 Å². The summed E-state index contributed by atoms with van der Waals surface area (Å²) in [6.07, 6.45) is 3.00. The highest BCUT2D eigenvalue weighted by Crippen LogP contribution is 2.06. The molecule has 0 unspecified atom stereocenters. The topological polar surface area (TPSA) is 68.0 Å². The third-order valence-electron chi connectivity index (χ3n) is 1.80. The van der Waals surface area contributed by atoms with Crippen molar-refractivity contribution in [3.63, 3.8) is 0 Å². The van der Waals surface area contributed by atoms with Gasteiger partial charge < -0.3 is 11.1 Å². The van der Waals surface area contributed by atoms with E-state index in [1.807, 2.05) is 13.0 Å². The molecule has 14 heavy (non-hydrogen) atoms. The number of anilines is 1. The van der Waals surface area contributed by atoms with E-state index < -0.39 is 0 Å². The van der Waals surface area contributed by atoms with Gasteiger partial charge in [0.2, 0.25) is 5.91 Å². The third kappa shape index (κ3) is 3.14. The number of rotatable bonds is 4. The average Bonchev–Trinajstić information content (AvgIpc) is 2.18. The average molecular weight is 193 g/mol. The molecule has 0 radical (unpaired) electrons. The molecule has 76 valence electrons. The standard InChI is InChI=1S/C10H15N3O/c1-2-3-10(14)13-9-6-8(7-11)4-5-12-9/h4-6H,2-3,7,11H2,1H3,(H,12,13,14). The van der Waals surface area contributed by atoms with Crippen LogP contribution in [-0.2, 0) is 11.3 Å². The Morgan fingerprint density at radius 1 is 1.64 bits per heavy atom. The van der Waals surface area contributed by atoms with E-state index in [0.717, 1.165) is 12.0 Å². The van der Waals surface area contributed by atoms with Crippen LogP contribution in [0.4, 0.5) is 5.82 Å². The molecule has 0 saturated carbocycles. The molecule has 0 fully saturated rings. The molecule has 0 bridgehead atoms. The summed E-state index contributed by atoms with van der Waals surface area (Å²) in [6.45, 7) is 2.42. The predicted molar refractivity (Wildman–Crippen MR) is 55.7 cm³/mol. The number of carbonyl (C=O) groups is 1. The highest BCUT2D eigenvalue weighted by molar-refractivity contribution is 5.89. The SMILES string of the molecule is CCCC(=O)Nc1cc(CN)ccn1. The van der Waals surface area contributed by atoms with E-state index >= 15 is 0 Å². The summed E-state index contributed by atoms with van der Waals surface area (Å²) in [6, 6.07) is 3.61. The molecule has 0 aromatic carbocycles. The van der Waals surface area contributed by atoms with E-state index in [0.29, 0.717) is 18.8 Å². The Labute approximate surface area is 83.5 Å². The lowest BCUT2D eigenvalue weighted by atomic mass is 10.2. The number of aromatic nitrogens is 1. The molecular formula is C10H15N3O. The summed E-state index contributed by atoms with van der Waals surface area (Å²) in [5, 5.41) is 2.71. The molecule has 0 atom stereocenters. The summed E-state index contributed by atoms with van der Waals surface area (Å²) in [5.41, 5.74) is 6.43. The Balaban J connectivity index is 2.62. The second-order valence-electron chi connectivity index (χ2n) is 3.05. The second kappa shape index (κ2) is 5.34. The van der Waals surface area contributed by atoms with E-state index in [1.54, 1.807) is 12.3 Å². The zero-order valence-electron chi connectivity index (χ0n) is 8.29. The van der Waals surface area contributed by atoms with Crippen molar-refractivity contribution < 1.29 is 4.79 Å². The Hall–Kier alpha value is -1.42. The molecule has 0 aliphatic carbocycles. The van der Waals surface area contributed by atoms with E-state index in [9.17, 15) is 4.79 Å². The van der Waals surface area contributed by atoms with Crippen molar-refractivity contribution in [2.75, 3.05) is 5.32 Å². The summed E-state index contributed by atoms with van der Waals surface area (Å²) < 4.78 is 0. The smallest absolute Gasteiger partial charge is 0.225 e.